The number of carbonyl (C=O) groups excluding carboxylic acids is 2. The number of thiocarbonyl (C=S) groups is 1. The van der Waals surface area contributed by atoms with Gasteiger partial charge in [0, 0.05) is 10.0 Å². The maximum absolute atomic E-state index is 13.0. The van der Waals surface area contributed by atoms with Crippen molar-refractivity contribution >= 4 is 62.1 Å². The highest BCUT2D eigenvalue weighted by Crippen LogP contribution is 2.33. The summed E-state index contributed by atoms with van der Waals surface area (Å²) in [5.41, 5.74) is 1.03. The van der Waals surface area contributed by atoms with Crippen LogP contribution in [0.4, 0.5) is 4.39 Å². The van der Waals surface area contributed by atoms with Gasteiger partial charge in [-0.2, -0.15) is 0 Å². The van der Waals surface area contributed by atoms with Gasteiger partial charge in [0.2, 0.25) is 0 Å². The van der Waals surface area contributed by atoms with Gasteiger partial charge in [-0.15, -0.1) is 0 Å². The molecule has 0 bridgehead atoms. The Labute approximate surface area is 155 Å². The van der Waals surface area contributed by atoms with Crippen LogP contribution in [0.3, 0.4) is 0 Å². The Hall–Kier alpha value is -1.83. The first-order valence-corrected chi connectivity index (χ1v) is 8.81. The molecule has 1 fully saturated rings. The molecule has 2 aromatic rings. The lowest BCUT2D eigenvalue weighted by Crippen LogP contribution is -2.34. The van der Waals surface area contributed by atoms with E-state index in [1.165, 1.54) is 24.3 Å². The van der Waals surface area contributed by atoms with E-state index in [0.29, 0.717) is 4.91 Å². The van der Waals surface area contributed by atoms with E-state index in [0.717, 1.165) is 26.7 Å². The molecule has 1 aliphatic heterocycles. The molecule has 0 aromatic heterocycles. The molecular formula is C17H9BrFNO2S2. The van der Waals surface area contributed by atoms with E-state index >= 15 is 0 Å². The monoisotopic (exact) mass is 421 g/mol. The largest absolute Gasteiger partial charge is 0.273 e. The molecule has 0 aliphatic carbocycles. The molecule has 1 heterocycles. The molecule has 1 aliphatic rings. The van der Waals surface area contributed by atoms with E-state index in [1.54, 1.807) is 6.08 Å². The van der Waals surface area contributed by atoms with E-state index in [-0.39, 0.29) is 9.88 Å². The molecule has 120 valence electrons. The second kappa shape index (κ2) is 6.96. The van der Waals surface area contributed by atoms with Gasteiger partial charge in [-0.05, 0) is 48.0 Å². The van der Waals surface area contributed by atoms with Crippen molar-refractivity contribution < 1.29 is 14.0 Å². The first kappa shape index (κ1) is 17.0. The van der Waals surface area contributed by atoms with Crippen LogP contribution in [-0.4, -0.2) is 21.0 Å². The molecule has 24 heavy (non-hydrogen) atoms. The summed E-state index contributed by atoms with van der Waals surface area (Å²) < 4.78 is 14.1. The molecule has 7 heteroatoms. The smallest absolute Gasteiger partial charge is 0.268 e. The summed E-state index contributed by atoms with van der Waals surface area (Å²) in [6.45, 7) is 0. The summed E-state index contributed by atoms with van der Waals surface area (Å²) in [4.78, 5) is 26.3. The lowest BCUT2D eigenvalue weighted by molar-refractivity contribution is -0.120. The maximum atomic E-state index is 13.0. The molecule has 0 saturated carbocycles. The fourth-order valence-corrected chi connectivity index (χ4v) is 3.59. The SMILES string of the molecule is O=C1C(=Cc2ccc(Br)cc2)SC(=S)N1C(=O)c1ccc(F)cc1. The third-order valence-electron chi connectivity index (χ3n) is 3.26. The first-order valence-electron chi connectivity index (χ1n) is 6.79. The fourth-order valence-electron chi connectivity index (χ4n) is 2.07. The second-order valence-electron chi connectivity index (χ2n) is 4.88. The standard InChI is InChI=1S/C17H9BrFNO2S2/c18-12-5-1-10(2-6-12)9-14-16(22)20(17(23)24-14)15(21)11-3-7-13(19)8-4-11/h1-9H. The topological polar surface area (TPSA) is 37.4 Å². The minimum atomic E-state index is -0.559. The first-order chi connectivity index (χ1) is 11.5. The van der Waals surface area contributed by atoms with Crippen LogP contribution in [0.15, 0.2) is 57.9 Å². The van der Waals surface area contributed by atoms with Crippen molar-refractivity contribution in [3.8, 4) is 0 Å². The number of benzene rings is 2. The summed E-state index contributed by atoms with van der Waals surface area (Å²) >= 11 is 9.57. The number of nitrogens with zero attached hydrogens (tertiary/aromatic N) is 1. The number of hydrogen-bond donors (Lipinski definition) is 0. The number of amides is 2. The predicted molar refractivity (Wildman–Crippen MR) is 99.9 cm³/mol. The van der Waals surface area contributed by atoms with Gasteiger partial charge in [0.25, 0.3) is 11.8 Å². The van der Waals surface area contributed by atoms with Crippen LogP contribution < -0.4 is 0 Å². The number of halogens is 2. The van der Waals surface area contributed by atoms with Gasteiger partial charge in [0.1, 0.15) is 5.82 Å². The van der Waals surface area contributed by atoms with E-state index in [2.05, 4.69) is 15.9 Å². The van der Waals surface area contributed by atoms with Crippen molar-refractivity contribution in [2.24, 2.45) is 0 Å². The Balaban J connectivity index is 1.87. The van der Waals surface area contributed by atoms with Crippen molar-refractivity contribution in [2.45, 2.75) is 0 Å². The van der Waals surface area contributed by atoms with Crippen LogP contribution in [0.1, 0.15) is 15.9 Å². The normalized spacial score (nSPS) is 16.1. The average Bonchev–Trinajstić information content (AvgIpc) is 2.83. The van der Waals surface area contributed by atoms with Crippen molar-refractivity contribution in [2.75, 3.05) is 0 Å². The fraction of sp³-hybridized carbons (Fsp3) is 0. The highest BCUT2D eigenvalue weighted by molar-refractivity contribution is 9.10. The molecule has 3 nitrogen and oxygen atoms in total. The van der Waals surface area contributed by atoms with Gasteiger partial charge in [-0.3, -0.25) is 9.59 Å². The molecule has 2 amide bonds. The molecule has 1 saturated heterocycles. The van der Waals surface area contributed by atoms with Crippen molar-refractivity contribution in [3.63, 3.8) is 0 Å². The Morgan fingerprint density at radius 2 is 1.75 bits per heavy atom. The zero-order chi connectivity index (χ0) is 17.3. The van der Waals surface area contributed by atoms with E-state index < -0.39 is 17.6 Å². The Kier molecular flexibility index (Phi) is 4.93. The zero-order valence-corrected chi connectivity index (χ0v) is 15.3. The summed E-state index contributed by atoms with van der Waals surface area (Å²) in [7, 11) is 0. The van der Waals surface area contributed by atoms with Gasteiger partial charge < -0.3 is 0 Å². The van der Waals surface area contributed by atoms with Crippen LogP contribution in [0.2, 0.25) is 0 Å². The number of hydrogen-bond acceptors (Lipinski definition) is 4. The molecule has 0 spiro atoms. The van der Waals surface area contributed by atoms with E-state index in [9.17, 15) is 14.0 Å². The third-order valence-corrected chi connectivity index (χ3v) is 5.09. The van der Waals surface area contributed by atoms with Crippen LogP contribution in [0.5, 0.6) is 0 Å². The van der Waals surface area contributed by atoms with Gasteiger partial charge >= 0.3 is 0 Å². The predicted octanol–water partition coefficient (Wildman–Crippen LogP) is 4.63. The van der Waals surface area contributed by atoms with Crippen LogP contribution in [-0.2, 0) is 4.79 Å². The third kappa shape index (κ3) is 3.48. The second-order valence-corrected chi connectivity index (χ2v) is 7.47. The lowest BCUT2D eigenvalue weighted by atomic mass is 10.2. The quantitative estimate of drug-likeness (QED) is 0.402. The minimum absolute atomic E-state index is 0.165. The highest BCUT2D eigenvalue weighted by Gasteiger charge is 2.37. The Bertz CT molecular complexity index is 863. The van der Waals surface area contributed by atoms with Gasteiger partial charge in [0.05, 0.1) is 4.91 Å². The molecule has 2 aromatic carbocycles. The minimum Gasteiger partial charge on any atom is -0.268 e. The van der Waals surface area contributed by atoms with Crippen LogP contribution in [0.25, 0.3) is 6.08 Å². The number of carbonyl (C=O) groups is 2. The summed E-state index contributed by atoms with van der Waals surface area (Å²) in [6, 6.07) is 12.4. The molecule has 0 radical (unpaired) electrons. The van der Waals surface area contributed by atoms with Crippen molar-refractivity contribution in [1.82, 2.24) is 4.90 Å². The number of thioether (sulfide) groups is 1. The molecule has 3 rings (SSSR count). The summed E-state index contributed by atoms with van der Waals surface area (Å²) in [6.07, 6.45) is 1.68. The summed E-state index contributed by atoms with van der Waals surface area (Å²) in [5.74, 6) is -1.48. The molecule has 0 atom stereocenters. The molecule has 0 N–H and O–H groups in total. The number of imide groups is 1. The molecule has 0 unspecified atom stereocenters. The van der Waals surface area contributed by atoms with Gasteiger partial charge in [0.15, 0.2) is 4.32 Å². The molecular weight excluding hydrogens is 413 g/mol. The summed E-state index contributed by atoms with van der Waals surface area (Å²) in [5, 5.41) is 0. The van der Waals surface area contributed by atoms with Crippen LogP contribution in [0, 0.1) is 5.82 Å². The van der Waals surface area contributed by atoms with Crippen molar-refractivity contribution in [1.29, 1.82) is 0 Å². The van der Waals surface area contributed by atoms with E-state index in [1.807, 2.05) is 24.3 Å². The Morgan fingerprint density at radius 1 is 1.12 bits per heavy atom. The van der Waals surface area contributed by atoms with Crippen molar-refractivity contribution in [3.05, 3.63) is 74.9 Å². The van der Waals surface area contributed by atoms with Crippen LogP contribution >= 0.6 is 39.9 Å². The average molecular weight is 422 g/mol. The highest BCUT2D eigenvalue weighted by atomic mass is 79.9. The maximum Gasteiger partial charge on any atom is 0.273 e. The van der Waals surface area contributed by atoms with Gasteiger partial charge in [-0.25, -0.2) is 9.29 Å². The van der Waals surface area contributed by atoms with Gasteiger partial charge in [-0.1, -0.05) is 52.0 Å². The van der Waals surface area contributed by atoms with E-state index in [4.69, 9.17) is 12.2 Å². The Morgan fingerprint density at radius 3 is 2.38 bits per heavy atom. The zero-order valence-electron chi connectivity index (χ0n) is 12.0. The lowest BCUT2D eigenvalue weighted by Gasteiger charge is -2.12. The number of rotatable bonds is 2.